The molecule has 0 heterocycles. The van der Waals surface area contributed by atoms with Gasteiger partial charge in [0.15, 0.2) is 0 Å². The van der Waals surface area contributed by atoms with E-state index in [-0.39, 0.29) is 10.8 Å². The summed E-state index contributed by atoms with van der Waals surface area (Å²) >= 11 is 0. The molecule has 4 heteroatoms. The molecule has 4 nitrogen and oxygen atoms in total. The van der Waals surface area contributed by atoms with Crippen molar-refractivity contribution in [3.63, 3.8) is 0 Å². The van der Waals surface area contributed by atoms with Crippen LogP contribution in [0.4, 0.5) is 11.4 Å². The SMILES string of the molecule is C=CCCOc1ccc(C2(C)CC(C)(C)c3cc(N)c(OCCC=C)cc32)cc1N. The van der Waals surface area contributed by atoms with Gasteiger partial charge in [-0.1, -0.05) is 39.0 Å². The molecule has 0 aliphatic heterocycles. The Morgan fingerprint density at radius 1 is 0.867 bits per heavy atom. The molecule has 1 atom stereocenters. The van der Waals surface area contributed by atoms with E-state index >= 15 is 0 Å². The lowest BCUT2D eigenvalue weighted by Crippen LogP contribution is -2.23. The van der Waals surface area contributed by atoms with Crippen LogP contribution in [0, 0.1) is 0 Å². The van der Waals surface area contributed by atoms with E-state index in [1.54, 1.807) is 0 Å². The molecule has 160 valence electrons. The van der Waals surface area contributed by atoms with Gasteiger partial charge in [-0.3, -0.25) is 0 Å². The summed E-state index contributed by atoms with van der Waals surface area (Å²) in [6, 6.07) is 10.3. The zero-order valence-corrected chi connectivity index (χ0v) is 18.5. The van der Waals surface area contributed by atoms with E-state index in [0.29, 0.717) is 30.3 Å². The Kier molecular flexibility index (Phi) is 6.16. The first-order chi connectivity index (χ1) is 14.2. The van der Waals surface area contributed by atoms with Crippen LogP contribution in [-0.2, 0) is 10.8 Å². The smallest absolute Gasteiger partial charge is 0.142 e. The summed E-state index contributed by atoms with van der Waals surface area (Å²) in [6.07, 6.45) is 6.21. The lowest BCUT2D eigenvalue weighted by Gasteiger charge is -2.29. The van der Waals surface area contributed by atoms with Gasteiger partial charge in [0.1, 0.15) is 11.5 Å². The van der Waals surface area contributed by atoms with Crippen LogP contribution in [0.15, 0.2) is 55.6 Å². The zero-order valence-electron chi connectivity index (χ0n) is 18.5. The first kappa shape index (κ1) is 21.8. The van der Waals surface area contributed by atoms with Gasteiger partial charge in [0.05, 0.1) is 24.6 Å². The number of anilines is 2. The van der Waals surface area contributed by atoms with Gasteiger partial charge in [0.25, 0.3) is 0 Å². The molecule has 0 saturated carbocycles. The van der Waals surface area contributed by atoms with E-state index in [1.165, 1.54) is 16.7 Å². The Bertz CT molecular complexity index is 948. The van der Waals surface area contributed by atoms with Crippen molar-refractivity contribution in [2.24, 2.45) is 0 Å². The number of rotatable bonds is 9. The number of benzene rings is 2. The van der Waals surface area contributed by atoms with Gasteiger partial charge < -0.3 is 20.9 Å². The van der Waals surface area contributed by atoms with Crippen molar-refractivity contribution in [1.82, 2.24) is 0 Å². The first-order valence-electron chi connectivity index (χ1n) is 10.5. The van der Waals surface area contributed by atoms with Crippen molar-refractivity contribution in [3.8, 4) is 11.5 Å². The van der Waals surface area contributed by atoms with Gasteiger partial charge in [-0.15, -0.1) is 13.2 Å². The number of ether oxygens (including phenoxy) is 2. The number of nitrogen functional groups attached to an aromatic ring is 2. The molecule has 0 spiro atoms. The van der Waals surface area contributed by atoms with Crippen LogP contribution in [0.3, 0.4) is 0 Å². The number of nitrogens with two attached hydrogens (primary N) is 2. The summed E-state index contributed by atoms with van der Waals surface area (Å²) < 4.78 is 11.7. The lowest BCUT2D eigenvalue weighted by molar-refractivity contribution is 0.325. The molecule has 1 aliphatic rings. The van der Waals surface area contributed by atoms with Gasteiger partial charge in [-0.25, -0.2) is 0 Å². The van der Waals surface area contributed by atoms with Crippen molar-refractivity contribution >= 4 is 11.4 Å². The van der Waals surface area contributed by atoms with E-state index in [9.17, 15) is 0 Å². The molecular formula is C26H34N2O2. The highest BCUT2D eigenvalue weighted by Gasteiger charge is 2.46. The van der Waals surface area contributed by atoms with Crippen LogP contribution in [0.1, 0.15) is 56.7 Å². The molecule has 2 aromatic rings. The quantitative estimate of drug-likeness (QED) is 0.316. The van der Waals surface area contributed by atoms with Gasteiger partial charge in [-0.2, -0.15) is 0 Å². The van der Waals surface area contributed by atoms with Crippen molar-refractivity contribution in [2.45, 2.75) is 50.9 Å². The third kappa shape index (κ3) is 4.04. The fourth-order valence-corrected chi connectivity index (χ4v) is 4.60. The molecule has 0 fully saturated rings. The van der Waals surface area contributed by atoms with Gasteiger partial charge in [0.2, 0.25) is 0 Å². The van der Waals surface area contributed by atoms with Crippen molar-refractivity contribution in [1.29, 1.82) is 0 Å². The van der Waals surface area contributed by atoms with Crippen LogP contribution in [-0.4, -0.2) is 13.2 Å². The fraction of sp³-hybridized carbons (Fsp3) is 0.385. The Labute approximate surface area is 180 Å². The Morgan fingerprint density at radius 2 is 1.47 bits per heavy atom. The molecule has 4 N–H and O–H groups in total. The molecule has 2 aromatic carbocycles. The molecule has 0 aromatic heterocycles. The second-order valence-electron chi connectivity index (χ2n) is 8.93. The topological polar surface area (TPSA) is 70.5 Å². The monoisotopic (exact) mass is 406 g/mol. The molecule has 3 rings (SSSR count). The molecule has 0 bridgehead atoms. The molecule has 1 aliphatic carbocycles. The Balaban J connectivity index is 2.00. The minimum absolute atomic E-state index is 0.00819. The van der Waals surface area contributed by atoms with Crippen molar-refractivity contribution in [2.75, 3.05) is 24.7 Å². The molecule has 1 unspecified atom stereocenters. The summed E-state index contributed by atoms with van der Waals surface area (Å²) in [5.74, 6) is 1.45. The fourth-order valence-electron chi connectivity index (χ4n) is 4.60. The van der Waals surface area contributed by atoms with Crippen LogP contribution >= 0.6 is 0 Å². The largest absolute Gasteiger partial charge is 0.491 e. The number of fused-ring (bicyclic) bond motifs is 1. The summed E-state index contributed by atoms with van der Waals surface area (Å²) in [5, 5.41) is 0. The zero-order chi connectivity index (χ0) is 21.9. The Hall–Kier alpha value is -2.88. The van der Waals surface area contributed by atoms with Gasteiger partial charge in [-0.05, 0) is 65.6 Å². The normalized spacial score (nSPS) is 19.2. The maximum Gasteiger partial charge on any atom is 0.142 e. The third-order valence-electron chi connectivity index (χ3n) is 6.08. The van der Waals surface area contributed by atoms with Crippen molar-refractivity contribution in [3.05, 3.63) is 72.3 Å². The highest BCUT2D eigenvalue weighted by molar-refractivity contribution is 5.65. The highest BCUT2D eigenvalue weighted by Crippen LogP contribution is 2.55. The van der Waals surface area contributed by atoms with Crippen molar-refractivity contribution < 1.29 is 9.47 Å². The van der Waals surface area contributed by atoms with E-state index in [4.69, 9.17) is 20.9 Å². The van der Waals surface area contributed by atoms with Crippen LogP contribution in [0.2, 0.25) is 0 Å². The van der Waals surface area contributed by atoms with E-state index in [1.807, 2.05) is 24.3 Å². The maximum absolute atomic E-state index is 6.35. The number of hydrogen-bond donors (Lipinski definition) is 2. The number of hydrogen-bond acceptors (Lipinski definition) is 4. The van der Waals surface area contributed by atoms with E-state index < -0.39 is 0 Å². The minimum atomic E-state index is -0.198. The average molecular weight is 407 g/mol. The van der Waals surface area contributed by atoms with Crippen LogP contribution in [0.25, 0.3) is 0 Å². The Morgan fingerprint density at radius 3 is 2.07 bits per heavy atom. The standard InChI is InChI=1S/C26H34N2O2/c1-6-8-12-29-23-11-10-18(14-21(23)27)26(5)17-25(3,4)19-15-22(28)24(16-20(19)26)30-13-9-7-2/h6-7,10-11,14-16H,1-2,8-9,12-13,17,27-28H2,3-5H3. The third-order valence-corrected chi connectivity index (χ3v) is 6.08. The molecular weight excluding hydrogens is 372 g/mol. The predicted molar refractivity (Wildman–Crippen MR) is 126 cm³/mol. The van der Waals surface area contributed by atoms with Gasteiger partial charge in [0, 0.05) is 5.41 Å². The van der Waals surface area contributed by atoms with E-state index in [0.717, 1.165) is 25.0 Å². The predicted octanol–water partition coefficient (Wildman–Crippen LogP) is 5.75. The second-order valence-corrected chi connectivity index (χ2v) is 8.93. The average Bonchev–Trinajstić information content (AvgIpc) is 2.89. The summed E-state index contributed by atoms with van der Waals surface area (Å²) in [4.78, 5) is 0. The molecule has 0 saturated heterocycles. The van der Waals surface area contributed by atoms with Crippen LogP contribution < -0.4 is 20.9 Å². The first-order valence-corrected chi connectivity index (χ1v) is 10.5. The molecule has 30 heavy (non-hydrogen) atoms. The molecule has 0 amide bonds. The minimum Gasteiger partial charge on any atom is -0.491 e. The lowest BCUT2D eigenvalue weighted by atomic mass is 9.75. The maximum atomic E-state index is 6.35. The van der Waals surface area contributed by atoms with Gasteiger partial charge >= 0.3 is 0 Å². The summed E-state index contributed by atoms with van der Waals surface area (Å²) in [5.41, 5.74) is 17.5. The molecule has 0 radical (unpaired) electrons. The summed E-state index contributed by atoms with van der Waals surface area (Å²) in [7, 11) is 0. The summed E-state index contributed by atoms with van der Waals surface area (Å²) in [6.45, 7) is 15.4. The second kappa shape index (κ2) is 8.47. The highest BCUT2D eigenvalue weighted by atomic mass is 16.5. The van der Waals surface area contributed by atoms with Crippen LogP contribution in [0.5, 0.6) is 11.5 Å². The van der Waals surface area contributed by atoms with E-state index in [2.05, 4.69) is 52.1 Å².